The molecule has 0 radical (unpaired) electrons. The molecule has 0 aliphatic heterocycles. The normalized spacial score (nSPS) is 25.4. The lowest BCUT2D eigenvalue weighted by Crippen LogP contribution is -2.51. The highest BCUT2D eigenvalue weighted by atomic mass is 19.3. The Morgan fingerprint density at radius 3 is 2.23 bits per heavy atom. The number of rotatable bonds is 3. The molecule has 1 saturated carbocycles. The van der Waals surface area contributed by atoms with E-state index in [2.05, 4.69) is 0 Å². The maximum Gasteiger partial charge on any atom is 0.276 e. The Bertz CT molecular complexity index is 185. The zero-order chi connectivity index (χ0) is 10.3. The van der Waals surface area contributed by atoms with Crippen LogP contribution in [0.5, 0.6) is 0 Å². The molecular weight excluding hydrogens is 188 g/mol. The highest BCUT2D eigenvalue weighted by Crippen LogP contribution is 2.50. The summed E-state index contributed by atoms with van der Waals surface area (Å²) in [5, 5.41) is 8.90. The van der Waals surface area contributed by atoms with Gasteiger partial charge in [0.05, 0.1) is 0 Å². The summed E-state index contributed by atoms with van der Waals surface area (Å²) < 4.78 is 50.6. The highest BCUT2D eigenvalue weighted by molar-refractivity contribution is 4.96. The van der Waals surface area contributed by atoms with Crippen molar-refractivity contribution in [2.75, 3.05) is 0 Å². The van der Waals surface area contributed by atoms with Gasteiger partial charge in [0, 0.05) is 18.8 Å². The Morgan fingerprint density at radius 2 is 1.92 bits per heavy atom. The molecule has 5 heteroatoms. The van der Waals surface area contributed by atoms with Crippen LogP contribution >= 0.6 is 0 Å². The topological polar surface area (TPSA) is 20.2 Å². The van der Waals surface area contributed by atoms with Crippen molar-refractivity contribution in [3.63, 3.8) is 0 Å². The van der Waals surface area contributed by atoms with Crippen molar-refractivity contribution >= 4 is 0 Å². The molecule has 1 aliphatic carbocycles. The third-order valence-electron chi connectivity index (χ3n) is 2.47. The Labute approximate surface area is 73.7 Å². The Hall–Kier alpha value is -0.320. The van der Waals surface area contributed by atoms with Crippen molar-refractivity contribution < 1.29 is 22.7 Å². The molecule has 1 rings (SSSR count). The van der Waals surface area contributed by atoms with Crippen molar-refractivity contribution in [1.29, 1.82) is 0 Å². The van der Waals surface area contributed by atoms with Gasteiger partial charge in [-0.25, -0.2) is 17.6 Å². The van der Waals surface area contributed by atoms with Gasteiger partial charge in [0.25, 0.3) is 5.92 Å². The first-order chi connectivity index (χ1) is 5.79. The minimum atomic E-state index is -3.36. The van der Waals surface area contributed by atoms with Crippen LogP contribution < -0.4 is 0 Å². The molecule has 1 N–H and O–H groups in total. The Kier molecular flexibility index (Phi) is 2.58. The predicted octanol–water partition coefficient (Wildman–Crippen LogP) is 2.44. The van der Waals surface area contributed by atoms with Crippen LogP contribution in [0, 0.1) is 5.92 Å². The molecule has 0 saturated heterocycles. The van der Waals surface area contributed by atoms with Crippen molar-refractivity contribution in [2.45, 2.75) is 44.1 Å². The number of aliphatic hydroxyl groups excluding tert-OH is 1. The quantitative estimate of drug-likeness (QED) is 0.694. The highest BCUT2D eigenvalue weighted by Gasteiger charge is 2.58. The van der Waals surface area contributed by atoms with Crippen LogP contribution in [0.2, 0.25) is 0 Å². The molecule has 13 heavy (non-hydrogen) atoms. The van der Waals surface area contributed by atoms with E-state index >= 15 is 0 Å². The van der Waals surface area contributed by atoms with E-state index in [1.54, 1.807) is 0 Å². The maximum atomic E-state index is 13.0. The van der Waals surface area contributed by atoms with E-state index in [1.165, 1.54) is 6.92 Å². The molecule has 78 valence electrons. The van der Waals surface area contributed by atoms with Crippen LogP contribution in [0.25, 0.3) is 0 Å². The number of aliphatic hydroxyl groups is 1. The summed E-state index contributed by atoms with van der Waals surface area (Å²) in [6, 6.07) is 0. The minimum absolute atomic E-state index is 0.116. The average molecular weight is 200 g/mol. The van der Waals surface area contributed by atoms with Crippen LogP contribution in [-0.2, 0) is 0 Å². The molecule has 1 nitrogen and oxygen atoms in total. The van der Waals surface area contributed by atoms with Crippen molar-refractivity contribution in [1.82, 2.24) is 0 Å². The second-order valence-electron chi connectivity index (χ2n) is 3.56. The first-order valence-corrected chi connectivity index (χ1v) is 4.23. The molecule has 0 aromatic heterocycles. The molecular formula is C8H12F4O. The van der Waals surface area contributed by atoms with Gasteiger partial charge in [0.1, 0.15) is 6.10 Å². The summed E-state index contributed by atoms with van der Waals surface area (Å²) in [6.07, 6.45) is -3.53. The van der Waals surface area contributed by atoms with Gasteiger partial charge in [-0.15, -0.1) is 0 Å². The molecule has 0 aromatic rings. The summed E-state index contributed by atoms with van der Waals surface area (Å²) in [5.74, 6) is -7.68. The van der Waals surface area contributed by atoms with Crippen LogP contribution in [0.1, 0.15) is 26.2 Å². The van der Waals surface area contributed by atoms with E-state index in [1.807, 2.05) is 0 Å². The van der Waals surface area contributed by atoms with Gasteiger partial charge in [-0.3, -0.25) is 0 Å². The van der Waals surface area contributed by atoms with Gasteiger partial charge in [0.15, 0.2) is 0 Å². The SMILES string of the molecule is CCC(O)C(F)(F)C1CC(F)(F)C1. The summed E-state index contributed by atoms with van der Waals surface area (Å²) in [5.41, 5.74) is 0. The molecule has 0 bridgehead atoms. The van der Waals surface area contributed by atoms with Crippen molar-refractivity contribution in [2.24, 2.45) is 5.92 Å². The molecule has 0 amide bonds. The lowest BCUT2D eigenvalue weighted by Gasteiger charge is -2.41. The minimum Gasteiger partial charge on any atom is -0.387 e. The fraction of sp³-hybridized carbons (Fsp3) is 1.00. The largest absolute Gasteiger partial charge is 0.387 e. The maximum absolute atomic E-state index is 13.0. The predicted molar refractivity (Wildman–Crippen MR) is 38.9 cm³/mol. The van der Waals surface area contributed by atoms with Crippen LogP contribution in [0.3, 0.4) is 0 Å². The van der Waals surface area contributed by atoms with E-state index in [0.29, 0.717) is 0 Å². The second-order valence-corrected chi connectivity index (χ2v) is 3.56. The zero-order valence-electron chi connectivity index (χ0n) is 7.24. The van der Waals surface area contributed by atoms with Gasteiger partial charge in [0.2, 0.25) is 5.92 Å². The van der Waals surface area contributed by atoms with Gasteiger partial charge in [-0.2, -0.15) is 0 Å². The Balaban J connectivity index is 2.53. The van der Waals surface area contributed by atoms with E-state index in [9.17, 15) is 17.6 Å². The van der Waals surface area contributed by atoms with Crippen LogP contribution in [0.4, 0.5) is 17.6 Å². The smallest absolute Gasteiger partial charge is 0.276 e. The summed E-state index contributed by atoms with van der Waals surface area (Å²) in [4.78, 5) is 0. The number of halogens is 4. The lowest BCUT2D eigenvalue weighted by atomic mass is 9.75. The number of alkyl halides is 4. The van der Waals surface area contributed by atoms with Crippen LogP contribution in [0.15, 0.2) is 0 Å². The molecule has 0 heterocycles. The molecule has 1 aliphatic rings. The standard InChI is InChI=1S/C8H12F4O/c1-2-6(13)8(11,12)5-3-7(9,10)4-5/h5-6,13H,2-4H2,1H3. The number of hydrogen-bond acceptors (Lipinski definition) is 1. The molecule has 0 aromatic carbocycles. The number of hydrogen-bond donors (Lipinski definition) is 1. The third-order valence-corrected chi connectivity index (χ3v) is 2.47. The third kappa shape index (κ3) is 1.95. The Morgan fingerprint density at radius 1 is 1.46 bits per heavy atom. The van der Waals surface area contributed by atoms with E-state index in [4.69, 9.17) is 5.11 Å². The summed E-state index contributed by atoms with van der Waals surface area (Å²) >= 11 is 0. The fourth-order valence-corrected chi connectivity index (χ4v) is 1.48. The van der Waals surface area contributed by atoms with E-state index < -0.39 is 36.7 Å². The van der Waals surface area contributed by atoms with E-state index in [-0.39, 0.29) is 6.42 Å². The molecule has 0 spiro atoms. The monoisotopic (exact) mass is 200 g/mol. The molecule has 1 atom stereocenters. The van der Waals surface area contributed by atoms with Crippen molar-refractivity contribution in [3.8, 4) is 0 Å². The summed E-state index contributed by atoms with van der Waals surface area (Å²) in [7, 11) is 0. The summed E-state index contributed by atoms with van der Waals surface area (Å²) in [6.45, 7) is 1.40. The van der Waals surface area contributed by atoms with Gasteiger partial charge in [-0.1, -0.05) is 6.92 Å². The lowest BCUT2D eigenvalue weighted by molar-refractivity contribution is -0.228. The van der Waals surface area contributed by atoms with Crippen LogP contribution in [-0.4, -0.2) is 23.1 Å². The first kappa shape index (κ1) is 10.8. The molecule has 1 fully saturated rings. The fourth-order valence-electron chi connectivity index (χ4n) is 1.48. The average Bonchev–Trinajstić information content (AvgIpc) is 1.98. The van der Waals surface area contributed by atoms with E-state index in [0.717, 1.165) is 0 Å². The zero-order valence-corrected chi connectivity index (χ0v) is 7.24. The first-order valence-electron chi connectivity index (χ1n) is 4.23. The van der Waals surface area contributed by atoms with Crippen molar-refractivity contribution in [3.05, 3.63) is 0 Å². The molecule has 1 unspecified atom stereocenters. The van der Waals surface area contributed by atoms with Gasteiger partial charge >= 0.3 is 0 Å². The van der Waals surface area contributed by atoms with Gasteiger partial charge < -0.3 is 5.11 Å². The van der Waals surface area contributed by atoms with Gasteiger partial charge in [-0.05, 0) is 6.42 Å². The second kappa shape index (κ2) is 3.12.